The lowest BCUT2D eigenvalue weighted by atomic mass is 10.1. The summed E-state index contributed by atoms with van der Waals surface area (Å²) in [6.45, 7) is 0. The highest BCUT2D eigenvalue weighted by atomic mass is 19.4. The van der Waals surface area contributed by atoms with Crippen molar-refractivity contribution in [2.24, 2.45) is 5.73 Å². The third-order valence-corrected chi connectivity index (χ3v) is 2.05. The predicted octanol–water partition coefficient (Wildman–Crippen LogP) is 2.13. The molecule has 2 nitrogen and oxygen atoms in total. The van der Waals surface area contributed by atoms with Crippen LogP contribution in [-0.4, -0.2) is 19.3 Å². The summed E-state index contributed by atoms with van der Waals surface area (Å²) in [4.78, 5) is 0. The Labute approximate surface area is 85.8 Å². The molecule has 0 unspecified atom stereocenters. The average molecular weight is 219 g/mol. The van der Waals surface area contributed by atoms with E-state index in [1.807, 2.05) is 0 Å². The van der Waals surface area contributed by atoms with Gasteiger partial charge in [-0.2, -0.15) is 13.2 Å². The van der Waals surface area contributed by atoms with Gasteiger partial charge in [0, 0.05) is 0 Å². The number of alkyl halides is 3. The monoisotopic (exact) mass is 219 g/mol. The van der Waals surface area contributed by atoms with Gasteiger partial charge in [0.1, 0.15) is 11.8 Å². The lowest BCUT2D eigenvalue weighted by molar-refractivity contribution is -0.147. The first kappa shape index (κ1) is 11.8. The molecule has 0 heterocycles. The molecule has 15 heavy (non-hydrogen) atoms. The van der Waals surface area contributed by atoms with Crippen LogP contribution in [0, 0.1) is 0 Å². The minimum atomic E-state index is -4.37. The maximum absolute atomic E-state index is 12.2. The summed E-state index contributed by atoms with van der Waals surface area (Å²) >= 11 is 0. The Morgan fingerprint density at radius 2 is 1.93 bits per heavy atom. The van der Waals surface area contributed by atoms with Crippen LogP contribution < -0.4 is 10.5 Å². The molecule has 0 saturated carbocycles. The molecular weight excluding hydrogens is 207 g/mol. The van der Waals surface area contributed by atoms with Crippen molar-refractivity contribution in [3.8, 4) is 5.75 Å². The van der Waals surface area contributed by atoms with E-state index in [0.29, 0.717) is 11.3 Å². The highest BCUT2D eigenvalue weighted by Crippen LogP contribution is 2.25. The number of methoxy groups -OCH3 is 1. The summed E-state index contributed by atoms with van der Waals surface area (Å²) in [7, 11) is 1.41. The zero-order valence-electron chi connectivity index (χ0n) is 8.21. The summed E-state index contributed by atoms with van der Waals surface area (Å²) in [6, 6.07) is 4.68. The van der Waals surface area contributed by atoms with E-state index in [2.05, 4.69) is 0 Å². The Morgan fingerprint density at radius 1 is 1.33 bits per heavy atom. The van der Waals surface area contributed by atoms with E-state index >= 15 is 0 Å². The molecule has 1 atom stereocenters. The Kier molecular flexibility index (Phi) is 3.57. The van der Waals surface area contributed by atoms with Crippen LogP contribution in [0.1, 0.15) is 5.56 Å². The molecular formula is C10H12F3NO. The lowest BCUT2D eigenvalue weighted by Gasteiger charge is -2.16. The van der Waals surface area contributed by atoms with Gasteiger partial charge in [0.2, 0.25) is 0 Å². The van der Waals surface area contributed by atoms with Gasteiger partial charge in [-0.1, -0.05) is 18.2 Å². The van der Waals surface area contributed by atoms with E-state index < -0.39 is 12.2 Å². The van der Waals surface area contributed by atoms with Crippen LogP contribution in [0.25, 0.3) is 0 Å². The molecule has 0 radical (unpaired) electrons. The van der Waals surface area contributed by atoms with E-state index in [1.165, 1.54) is 7.11 Å². The third kappa shape index (κ3) is 3.13. The van der Waals surface area contributed by atoms with Gasteiger partial charge < -0.3 is 10.5 Å². The zero-order chi connectivity index (χ0) is 11.5. The number of nitrogens with two attached hydrogens (primary N) is 1. The second kappa shape index (κ2) is 4.53. The number of hydrogen-bond donors (Lipinski definition) is 1. The van der Waals surface area contributed by atoms with Crippen LogP contribution in [0.3, 0.4) is 0 Å². The van der Waals surface area contributed by atoms with Gasteiger partial charge in [-0.3, -0.25) is 0 Å². The van der Waals surface area contributed by atoms with Crippen molar-refractivity contribution in [2.45, 2.75) is 18.6 Å². The molecule has 2 N–H and O–H groups in total. The van der Waals surface area contributed by atoms with Crippen molar-refractivity contribution in [1.29, 1.82) is 0 Å². The smallest absolute Gasteiger partial charge is 0.403 e. The molecule has 0 spiro atoms. The summed E-state index contributed by atoms with van der Waals surface area (Å²) in [6.07, 6.45) is -4.64. The first-order valence-electron chi connectivity index (χ1n) is 4.39. The first-order valence-corrected chi connectivity index (χ1v) is 4.39. The Bertz CT molecular complexity index is 325. The average Bonchev–Trinajstić information content (AvgIpc) is 2.17. The Balaban J connectivity index is 2.80. The number of rotatable bonds is 3. The molecule has 84 valence electrons. The van der Waals surface area contributed by atoms with Gasteiger partial charge in [-0.15, -0.1) is 0 Å². The number of hydrogen-bond acceptors (Lipinski definition) is 2. The molecule has 0 aliphatic heterocycles. The van der Waals surface area contributed by atoms with Crippen LogP contribution in [0.2, 0.25) is 0 Å². The van der Waals surface area contributed by atoms with Gasteiger partial charge in [0.15, 0.2) is 0 Å². The fourth-order valence-electron chi connectivity index (χ4n) is 1.22. The van der Waals surface area contributed by atoms with Gasteiger partial charge in [-0.25, -0.2) is 0 Å². The molecule has 1 rings (SSSR count). The predicted molar refractivity (Wildman–Crippen MR) is 50.7 cm³/mol. The number of benzene rings is 1. The van der Waals surface area contributed by atoms with Crippen LogP contribution in [0.15, 0.2) is 24.3 Å². The van der Waals surface area contributed by atoms with Crippen molar-refractivity contribution >= 4 is 0 Å². The molecule has 0 amide bonds. The van der Waals surface area contributed by atoms with Crippen LogP contribution in [0.5, 0.6) is 5.75 Å². The molecule has 0 aliphatic rings. The largest absolute Gasteiger partial charge is 0.496 e. The second-order valence-corrected chi connectivity index (χ2v) is 3.16. The van der Waals surface area contributed by atoms with Crippen LogP contribution in [-0.2, 0) is 6.42 Å². The number of halogens is 3. The SMILES string of the molecule is COc1ccccc1C[C@@H](N)C(F)(F)F. The van der Waals surface area contributed by atoms with Gasteiger partial charge in [0.05, 0.1) is 7.11 Å². The summed E-state index contributed by atoms with van der Waals surface area (Å²) in [5.74, 6) is 0.428. The van der Waals surface area contributed by atoms with Crippen molar-refractivity contribution < 1.29 is 17.9 Å². The summed E-state index contributed by atoms with van der Waals surface area (Å²) in [5.41, 5.74) is 5.49. The van der Waals surface area contributed by atoms with E-state index in [0.717, 1.165) is 0 Å². The fraction of sp³-hybridized carbons (Fsp3) is 0.400. The number of ether oxygens (including phenoxy) is 1. The van der Waals surface area contributed by atoms with Gasteiger partial charge in [0.25, 0.3) is 0 Å². The quantitative estimate of drug-likeness (QED) is 0.845. The summed E-state index contributed by atoms with van der Waals surface area (Å²) < 4.78 is 41.5. The van der Waals surface area contributed by atoms with Gasteiger partial charge in [-0.05, 0) is 18.1 Å². The third-order valence-electron chi connectivity index (χ3n) is 2.05. The second-order valence-electron chi connectivity index (χ2n) is 3.16. The fourth-order valence-corrected chi connectivity index (χ4v) is 1.22. The van der Waals surface area contributed by atoms with Gasteiger partial charge >= 0.3 is 6.18 Å². The summed E-state index contributed by atoms with van der Waals surface area (Å²) in [5, 5.41) is 0. The maximum atomic E-state index is 12.2. The van der Waals surface area contributed by atoms with E-state index in [4.69, 9.17) is 10.5 Å². The Hall–Kier alpha value is -1.23. The van der Waals surface area contributed by atoms with E-state index in [-0.39, 0.29) is 6.42 Å². The highest BCUT2D eigenvalue weighted by molar-refractivity contribution is 5.33. The van der Waals surface area contributed by atoms with Crippen LogP contribution >= 0.6 is 0 Å². The zero-order valence-corrected chi connectivity index (χ0v) is 8.21. The number of para-hydroxylation sites is 1. The Morgan fingerprint density at radius 3 is 2.47 bits per heavy atom. The lowest BCUT2D eigenvalue weighted by Crippen LogP contribution is -2.39. The minimum Gasteiger partial charge on any atom is -0.496 e. The molecule has 1 aromatic rings. The van der Waals surface area contributed by atoms with Crippen molar-refractivity contribution in [2.75, 3.05) is 7.11 Å². The topological polar surface area (TPSA) is 35.2 Å². The maximum Gasteiger partial charge on any atom is 0.403 e. The molecule has 0 fully saturated rings. The molecule has 0 saturated heterocycles. The van der Waals surface area contributed by atoms with Crippen molar-refractivity contribution in [3.63, 3.8) is 0 Å². The van der Waals surface area contributed by atoms with E-state index in [9.17, 15) is 13.2 Å². The molecule has 1 aromatic carbocycles. The first-order chi connectivity index (χ1) is 6.95. The highest BCUT2D eigenvalue weighted by Gasteiger charge is 2.36. The van der Waals surface area contributed by atoms with E-state index in [1.54, 1.807) is 24.3 Å². The van der Waals surface area contributed by atoms with Crippen LogP contribution in [0.4, 0.5) is 13.2 Å². The molecule has 0 aliphatic carbocycles. The molecule has 5 heteroatoms. The normalized spacial score (nSPS) is 13.7. The standard InChI is InChI=1S/C10H12F3NO/c1-15-8-5-3-2-4-7(8)6-9(14)10(11,12)13/h2-5,9H,6,14H2,1H3/t9-/m1/s1. The van der Waals surface area contributed by atoms with Crippen molar-refractivity contribution in [3.05, 3.63) is 29.8 Å². The minimum absolute atomic E-state index is 0.270. The van der Waals surface area contributed by atoms with Crippen molar-refractivity contribution in [1.82, 2.24) is 0 Å². The molecule has 0 bridgehead atoms. The molecule has 0 aromatic heterocycles.